The molecule has 1 amide bonds. The topological polar surface area (TPSA) is 52.9 Å². The summed E-state index contributed by atoms with van der Waals surface area (Å²) in [5, 5.41) is 11.4. The first-order chi connectivity index (χ1) is 10.2. The number of rotatable bonds is 5. The Morgan fingerprint density at radius 3 is 2.43 bits per heavy atom. The third-order valence-corrected chi connectivity index (χ3v) is 3.72. The quantitative estimate of drug-likeness (QED) is 0.918. The van der Waals surface area contributed by atoms with Gasteiger partial charge in [0.1, 0.15) is 5.82 Å². The Kier molecular flexibility index (Phi) is 5.35. The Balaban J connectivity index is 1.76. The van der Waals surface area contributed by atoms with E-state index in [2.05, 4.69) is 11.4 Å². The van der Waals surface area contributed by atoms with Crippen molar-refractivity contribution in [1.29, 1.82) is 5.26 Å². The molecule has 0 aliphatic heterocycles. The molecule has 2 rings (SSSR count). The molecule has 0 fully saturated rings. The summed E-state index contributed by atoms with van der Waals surface area (Å²) in [4.78, 5) is 11.7. The van der Waals surface area contributed by atoms with Crippen LogP contribution in [-0.2, 0) is 10.5 Å². The molecule has 0 heterocycles. The van der Waals surface area contributed by atoms with Crippen molar-refractivity contribution in [3.05, 3.63) is 65.5 Å². The first kappa shape index (κ1) is 15.1. The molecule has 2 aromatic carbocycles. The van der Waals surface area contributed by atoms with Crippen molar-refractivity contribution in [1.82, 2.24) is 0 Å². The normalized spacial score (nSPS) is 9.90. The van der Waals surface area contributed by atoms with Crippen LogP contribution in [0.25, 0.3) is 0 Å². The van der Waals surface area contributed by atoms with Gasteiger partial charge >= 0.3 is 0 Å². The van der Waals surface area contributed by atoms with E-state index in [1.54, 1.807) is 12.1 Å². The van der Waals surface area contributed by atoms with E-state index in [4.69, 9.17) is 5.26 Å². The zero-order chi connectivity index (χ0) is 15.1. The smallest absolute Gasteiger partial charge is 0.234 e. The molecule has 0 saturated heterocycles. The van der Waals surface area contributed by atoms with Gasteiger partial charge < -0.3 is 5.32 Å². The van der Waals surface area contributed by atoms with Gasteiger partial charge in [-0.1, -0.05) is 12.1 Å². The Bertz CT molecular complexity index is 647. The number of anilines is 1. The maximum atomic E-state index is 12.7. The highest BCUT2D eigenvalue weighted by molar-refractivity contribution is 7.99. The lowest BCUT2D eigenvalue weighted by Gasteiger charge is -2.05. The molecule has 0 atom stereocenters. The van der Waals surface area contributed by atoms with E-state index in [0.717, 1.165) is 5.56 Å². The number of thioether (sulfide) groups is 1. The summed E-state index contributed by atoms with van der Waals surface area (Å²) in [5.41, 5.74) is 2.27. The number of hydrogen-bond acceptors (Lipinski definition) is 3. The lowest BCUT2D eigenvalue weighted by atomic mass is 10.2. The monoisotopic (exact) mass is 300 g/mol. The fourth-order valence-electron chi connectivity index (χ4n) is 1.67. The van der Waals surface area contributed by atoms with E-state index in [1.165, 1.54) is 36.0 Å². The minimum atomic E-state index is -0.330. The molecule has 0 aliphatic carbocycles. The van der Waals surface area contributed by atoms with Crippen molar-refractivity contribution in [2.75, 3.05) is 11.1 Å². The Morgan fingerprint density at radius 2 is 1.81 bits per heavy atom. The van der Waals surface area contributed by atoms with Crippen LogP contribution in [0.4, 0.5) is 10.1 Å². The van der Waals surface area contributed by atoms with E-state index in [9.17, 15) is 9.18 Å². The Hall–Kier alpha value is -2.32. The van der Waals surface area contributed by atoms with Crippen molar-refractivity contribution in [3.8, 4) is 6.07 Å². The molecule has 3 nitrogen and oxygen atoms in total. The summed E-state index contributed by atoms with van der Waals surface area (Å²) < 4.78 is 12.7. The van der Waals surface area contributed by atoms with Crippen LogP contribution in [0.3, 0.4) is 0 Å². The first-order valence-electron chi connectivity index (χ1n) is 6.29. The maximum Gasteiger partial charge on any atom is 0.234 e. The van der Waals surface area contributed by atoms with Crippen LogP contribution in [0.2, 0.25) is 0 Å². The van der Waals surface area contributed by atoms with E-state index in [0.29, 0.717) is 22.8 Å². The zero-order valence-corrected chi connectivity index (χ0v) is 12.0. The van der Waals surface area contributed by atoms with Gasteiger partial charge in [0.05, 0.1) is 17.4 Å². The number of nitrogens with one attached hydrogen (secondary N) is 1. The third-order valence-electron chi connectivity index (χ3n) is 2.71. The highest BCUT2D eigenvalue weighted by Gasteiger charge is 2.03. The van der Waals surface area contributed by atoms with E-state index in [1.807, 2.05) is 12.1 Å². The minimum absolute atomic E-state index is 0.125. The van der Waals surface area contributed by atoms with Crippen LogP contribution in [0.5, 0.6) is 0 Å². The fraction of sp³-hybridized carbons (Fsp3) is 0.125. The molecular formula is C16H13FN2OS. The molecule has 2 aromatic rings. The van der Waals surface area contributed by atoms with Crippen LogP contribution < -0.4 is 5.32 Å². The third kappa shape index (κ3) is 4.93. The molecular weight excluding hydrogens is 287 g/mol. The van der Waals surface area contributed by atoms with Crippen molar-refractivity contribution < 1.29 is 9.18 Å². The maximum absolute atomic E-state index is 12.7. The number of nitrogens with zero attached hydrogens (tertiary/aromatic N) is 1. The van der Waals surface area contributed by atoms with Crippen LogP contribution >= 0.6 is 11.8 Å². The molecule has 0 aromatic heterocycles. The lowest BCUT2D eigenvalue weighted by Crippen LogP contribution is -2.14. The summed E-state index contributed by atoms with van der Waals surface area (Å²) in [6.45, 7) is 0. The Morgan fingerprint density at radius 1 is 1.14 bits per heavy atom. The van der Waals surface area contributed by atoms with E-state index >= 15 is 0 Å². The molecule has 21 heavy (non-hydrogen) atoms. The second kappa shape index (κ2) is 7.46. The number of nitriles is 1. The van der Waals surface area contributed by atoms with Crippen molar-refractivity contribution in [3.63, 3.8) is 0 Å². The summed E-state index contributed by atoms with van der Waals surface area (Å²) in [6.07, 6.45) is 0. The molecule has 0 saturated carbocycles. The van der Waals surface area contributed by atoms with Crippen LogP contribution in [0.15, 0.2) is 48.5 Å². The largest absolute Gasteiger partial charge is 0.325 e. The van der Waals surface area contributed by atoms with Gasteiger partial charge in [0.15, 0.2) is 0 Å². The van der Waals surface area contributed by atoms with Crippen LogP contribution in [0, 0.1) is 17.1 Å². The van der Waals surface area contributed by atoms with Crippen LogP contribution in [0.1, 0.15) is 11.1 Å². The highest BCUT2D eigenvalue weighted by atomic mass is 32.2. The average Bonchev–Trinajstić information content (AvgIpc) is 2.50. The van der Waals surface area contributed by atoms with Gasteiger partial charge in [-0.25, -0.2) is 4.39 Å². The molecule has 0 aliphatic rings. The van der Waals surface area contributed by atoms with Gasteiger partial charge in [0.2, 0.25) is 5.91 Å². The van der Waals surface area contributed by atoms with E-state index in [-0.39, 0.29) is 11.7 Å². The molecule has 0 unspecified atom stereocenters. The predicted molar refractivity (Wildman–Crippen MR) is 82.3 cm³/mol. The van der Waals surface area contributed by atoms with Gasteiger partial charge in [-0.15, -0.1) is 11.8 Å². The van der Waals surface area contributed by atoms with Crippen molar-refractivity contribution in [2.24, 2.45) is 0 Å². The van der Waals surface area contributed by atoms with Gasteiger partial charge in [-0.3, -0.25) is 4.79 Å². The number of halogens is 1. The van der Waals surface area contributed by atoms with Crippen molar-refractivity contribution in [2.45, 2.75) is 5.75 Å². The number of carbonyl (C=O) groups excluding carboxylic acids is 1. The average molecular weight is 300 g/mol. The van der Waals surface area contributed by atoms with Crippen molar-refractivity contribution >= 4 is 23.4 Å². The van der Waals surface area contributed by atoms with Crippen LogP contribution in [-0.4, -0.2) is 11.7 Å². The second-order valence-electron chi connectivity index (χ2n) is 4.36. The molecule has 5 heteroatoms. The number of amides is 1. The molecule has 0 spiro atoms. The molecule has 0 bridgehead atoms. The second-order valence-corrected chi connectivity index (χ2v) is 5.34. The number of hydrogen-bond donors (Lipinski definition) is 1. The standard InChI is InChI=1S/C16H13FN2OS/c17-14-5-7-15(8-6-14)19-16(20)11-21-10-13-3-1-12(9-18)2-4-13/h1-8H,10-11H2,(H,19,20). The van der Waals surface area contributed by atoms with Gasteiger partial charge in [-0.05, 0) is 42.0 Å². The predicted octanol–water partition coefficient (Wildman–Crippen LogP) is 3.57. The lowest BCUT2D eigenvalue weighted by molar-refractivity contribution is -0.113. The summed E-state index contributed by atoms with van der Waals surface area (Å²) >= 11 is 1.48. The van der Waals surface area contributed by atoms with E-state index < -0.39 is 0 Å². The number of benzene rings is 2. The highest BCUT2D eigenvalue weighted by Crippen LogP contribution is 2.14. The summed E-state index contributed by atoms with van der Waals surface area (Å²) in [6, 6.07) is 15.0. The fourth-order valence-corrected chi connectivity index (χ4v) is 2.46. The zero-order valence-electron chi connectivity index (χ0n) is 11.2. The van der Waals surface area contributed by atoms with Gasteiger partial charge in [0.25, 0.3) is 0 Å². The molecule has 106 valence electrons. The van der Waals surface area contributed by atoms with Gasteiger partial charge in [-0.2, -0.15) is 5.26 Å². The summed E-state index contributed by atoms with van der Waals surface area (Å²) in [5.74, 6) is 0.559. The molecule has 1 N–H and O–H groups in total. The number of carbonyl (C=O) groups is 1. The molecule has 0 radical (unpaired) electrons. The summed E-state index contributed by atoms with van der Waals surface area (Å²) in [7, 11) is 0. The van der Waals surface area contributed by atoms with Gasteiger partial charge in [0, 0.05) is 11.4 Å². The Labute approximate surface area is 126 Å². The SMILES string of the molecule is N#Cc1ccc(CSCC(=O)Nc2ccc(F)cc2)cc1. The first-order valence-corrected chi connectivity index (χ1v) is 7.45. The minimum Gasteiger partial charge on any atom is -0.325 e.